The second-order valence-corrected chi connectivity index (χ2v) is 9.76. The zero-order chi connectivity index (χ0) is 24.4. The first-order chi connectivity index (χ1) is 15.4. The summed E-state index contributed by atoms with van der Waals surface area (Å²) >= 11 is 12.0. The van der Waals surface area contributed by atoms with Crippen molar-refractivity contribution in [3.8, 4) is 0 Å². The van der Waals surface area contributed by atoms with E-state index in [1.807, 2.05) is 0 Å². The molecule has 0 saturated carbocycles. The molecule has 0 aliphatic heterocycles. The molecule has 5 nitrogen and oxygen atoms in total. The van der Waals surface area contributed by atoms with Crippen LogP contribution in [-0.4, -0.2) is 18.6 Å². The van der Waals surface area contributed by atoms with Crippen molar-refractivity contribution in [2.24, 2.45) is 5.73 Å². The molecule has 2 N–H and O–H groups in total. The lowest BCUT2D eigenvalue weighted by Gasteiger charge is -2.30. The molecule has 1 amide bonds. The Morgan fingerprint density at radius 1 is 0.970 bits per heavy atom. The molecule has 1 atom stereocenters. The van der Waals surface area contributed by atoms with Gasteiger partial charge in [-0.15, -0.1) is 0 Å². The van der Waals surface area contributed by atoms with Gasteiger partial charge in [-0.1, -0.05) is 53.5 Å². The number of halogens is 5. The zero-order valence-corrected chi connectivity index (χ0v) is 19.1. The molecule has 174 valence electrons. The van der Waals surface area contributed by atoms with Crippen molar-refractivity contribution >= 4 is 39.1 Å². The van der Waals surface area contributed by atoms with Crippen molar-refractivity contribution in [2.75, 3.05) is 0 Å². The summed E-state index contributed by atoms with van der Waals surface area (Å²) in [5, 5.41) is 0.173. The number of hydrogen-bond donors (Lipinski definition) is 1. The Hall–Kier alpha value is -2.59. The highest BCUT2D eigenvalue weighted by atomic mass is 35.5. The Kier molecular flexibility index (Phi) is 7.38. The number of carbonyl (C=O) groups excluding carboxylic acids is 1. The van der Waals surface area contributed by atoms with Crippen LogP contribution in [0.4, 0.5) is 13.2 Å². The largest absolute Gasteiger partial charge is 0.416 e. The van der Waals surface area contributed by atoms with Crippen LogP contribution in [0.1, 0.15) is 22.7 Å². The second kappa shape index (κ2) is 9.72. The fourth-order valence-corrected chi connectivity index (χ4v) is 5.07. The molecule has 0 heterocycles. The molecule has 0 bridgehead atoms. The smallest absolute Gasteiger partial charge is 0.368 e. The van der Waals surface area contributed by atoms with Gasteiger partial charge < -0.3 is 5.73 Å². The molecule has 3 aromatic rings. The van der Waals surface area contributed by atoms with Crippen LogP contribution < -0.4 is 5.73 Å². The molecular formula is C22H17Cl2F3N2O3S. The average molecular weight is 517 g/mol. The first kappa shape index (κ1) is 25.0. The summed E-state index contributed by atoms with van der Waals surface area (Å²) in [5.74, 6) is -1.01. The fourth-order valence-electron chi connectivity index (χ4n) is 3.20. The van der Waals surface area contributed by atoms with Gasteiger partial charge in [-0.25, -0.2) is 8.42 Å². The number of benzene rings is 3. The molecule has 11 heteroatoms. The Balaban J connectivity index is 2.20. The van der Waals surface area contributed by atoms with Crippen molar-refractivity contribution in [2.45, 2.75) is 23.7 Å². The minimum Gasteiger partial charge on any atom is -0.368 e. The first-order valence-corrected chi connectivity index (χ1v) is 11.6. The fraction of sp³-hybridized carbons (Fsp3) is 0.136. The van der Waals surface area contributed by atoms with Gasteiger partial charge in [0.1, 0.15) is 6.04 Å². The highest BCUT2D eigenvalue weighted by Gasteiger charge is 2.37. The first-order valence-electron chi connectivity index (χ1n) is 9.38. The molecule has 0 aromatic heterocycles. The summed E-state index contributed by atoms with van der Waals surface area (Å²) in [6.45, 7) is -0.643. The van der Waals surface area contributed by atoms with Crippen LogP contribution in [0.3, 0.4) is 0 Å². The van der Waals surface area contributed by atoms with Crippen molar-refractivity contribution in [1.82, 2.24) is 4.31 Å². The van der Waals surface area contributed by atoms with Crippen molar-refractivity contribution in [3.63, 3.8) is 0 Å². The summed E-state index contributed by atoms with van der Waals surface area (Å²) in [5.41, 5.74) is 4.66. The number of nitrogens with zero attached hydrogens (tertiary/aromatic N) is 1. The maximum Gasteiger partial charge on any atom is 0.416 e. The van der Waals surface area contributed by atoms with Crippen molar-refractivity contribution < 1.29 is 26.4 Å². The predicted octanol–water partition coefficient (Wildman–Crippen LogP) is 5.43. The van der Waals surface area contributed by atoms with Crippen LogP contribution in [-0.2, 0) is 27.5 Å². The quantitative estimate of drug-likeness (QED) is 0.454. The SMILES string of the molecule is NC(=O)[C@@H](c1ccccc1)N(Cc1cc(C(F)(F)F)ccc1Cl)S(=O)(=O)c1ccc(Cl)cc1. The summed E-state index contributed by atoms with van der Waals surface area (Å²) in [4.78, 5) is 12.2. The molecule has 0 spiro atoms. The van der Waals surface area contributed by atoms with E-state index < -0.39 is 40.3 Å². The molecule has 33 heavy (non-hydrogen) atoms. The van der Waals surface area contributed by atoms with E-state index in [4.69, 9.17) is 28.9 Å². The third-order valence-electron chi connectivity index (χ3n) is 4.79. The Labute approximate surface area is 198 Å². The van der Waals surface area contributed by atoms with Gasteiger partial charge in [-0.05, 0) is 53.6 Å². The van der Waals surface area contributed by atoms with Crippen LogP contribution in [0.2, 0.25) is 10.0 Å². The molecule has 0 saturated heterocycles. The number of nitrogens with two attached hydrogens (primary N) is 1. The number of hydrogen-bond acceptors (Lipinski definition) is 3. The highest BCUT2D eigenvalue weighted by Crippen LogP contribution is 2.35. The molecule has 0 aliphatic rings. The normalized spacial score (nSPS) is 13.2. The van der Waals surface area contributed by atoms with E-state index >= 15 is 0 Å². The lowest BCUT2D eigenvalue weighted by atomic mass is 10.1. The minimum atomic E-state index is -4.68. The van der Waals surface area contributed by atoms with Gasteiger partial charge in [0.25, 0.3) is 0 Å². The molecule has 0 radical (unpaired) electrons. The summed E-state index contributed by atoms with van der Waals surface area (Å²) < 4.78 is 67.7. The van der Waals surface area contributed by atoms with Crippen LogP contribution in [0, 0.1) is 0 Å². The van der Waals surface area contributed by atoms with Gasteiger partial charge in [0.05, 0.1) is 10.5 Å². The summed E-state index contributed by atoms with van der Waals surface area (Å²) in [6.07, 6.45) is -4.68. The molecule has 0 unspecified atom stereocenters. The van der Waals surface area contributed by atoms with E-state index in [2.05, 4.69) is 0 Å². The molecule has 3 aromatic carbocycles. The molecule has 3 rings (SSSR count). The van der Waals surface area contributed by atoms with E-state index in [9.17, 15) is 26.4 Å². The molecule has 0 aliphatic carbocycles. The van der Waals surface area contributed by atoms with Gasteiger partial charge in [0, 0.05) is 16.6 Å². The number of sulfonamides is 1. The Morgan fingerprint density at radius 3 is 2.12 bits per heavy atom. The Morgan fingerprint density at radius 2 is 1.58 bits per heavy atom. The van der Waals surface area contributed by atoms with Crippen LogP contribution in [0.15, 0.2) is 77.7 Å². The maximum absolute atomic E-state index is 13.6. The number of carbonyl (C=O) groups is 1. The number of alkyl halides is 3. The van der Waals surface area contributed by atoms with E-state index in [0.29, 0.717) is 0 Å². The van der Waals surface area contributed by atoms with E-state index in [-0.39, 0.29) is 26.1 Å². The maximum atomic E-state index is 13.6. The lowest BCUT2D eigenvalue weighted by Crippen LogP contribution is -2.41. The minimum absolute atomic E-state index is 0.101. The number of amides is 1. The van der Waals surface area contributed by atoms with Crippen molar-refractivity contribution in [1.29, 1.82) is 0 Å². The van der Waals surface area contributed by atoms with Crippen molar-refractivity contribution in [3.05, 3.63) is 99.5 Å². The van der Waals surface area contributed by atoms with Gasteiger partial charge in [-0.3, -0.25) is 4.79 Å². The lowest BCUT2D eigenvalue weighted by molar-refractivity contribution is -0.137. The van der Waals surface area contributed by atoms with Gasteiger partial charge in [0.15, 0.2) is 0 Å². The van der Waals surface area contributed by atoms with E-state index in [0.717, 1.165) is 22.5 Å². The highest BCUT2D eigenvalue weighted by molar-refractivity contribution is 7.89. The third-order valence-corrected chi connectivity index (χ3v) is 7.24. The second-order valence-electron chi connectivity index (χ2n) is 7.02. The molecule has 0 fully saturated rings. The average Bonchev–Trinajstić information content (AvgIpc) is 2.74. The van der Waals surface area contributed by atoms with Gasteiger partial charge in [-0.2, -0.15) is 17.5 Å². The van der Waals surface area contributed by atoms with E-state index in [1.165, 1.54) is 36.4 Å². The number of rotatable bonds is 7. The predicted molar refractivity (Wildman–Crippen MR) is 119 cm³/mol. The zero-order valence-electron chi connectivity index (χ0n) is 16.8. The molecular weight excluding hydrogens is 500 g/mol. The standard InChI is InChI=1S/C22H17Cl2F3N2O3S/c23-17-7-9-18(10-8-17)33(31,32)29(20(21(28)30)14-4-2-1-3-5-14)13-15-12-16(22(25,26)27)6-11-19(15)24/h1-12,20H,13H2,(H2,28,30)/t20-/m1/s1. The van der Waals surface area contributed by atoms with E-state index in [1.54, 1.807) is 18.2 Å². The summed E-state index contributed by atoms with van der Waals surface area (Å²) in [7, 11) is -4.44. The van der Waals surface area contributed by atoms with Crippen LogP contribution in [0.25, 0.3) is 0 Å². The third kappa shape index (κ3) is 5.67. The van der Waals surface area contributed by atoms with Crippen LogP contribution in [0.5, 0.6) is 0 Å². The monoisotopic (exact) mass is 516 g/mol. The Bertz CT molecular complexity index is 1250. The van der Waals surface area contributed by atoms with Crippen LogP contribution >= 0.6 is 23.2 Å². The van der Waals surface area contributed by atoms with Gasteiger partial charge in [0.2, 0.25) is 15.9 Å². The topological polar surface area (TPSA) is 80.5 Å². The van der Waals surface area contributed by atoms with Gasteiger partial charge >= 0.3 is 6.18 Å². The summed E-state index contributed by atoms with van der Waals surface area (Å²) in [6, 6.07) is 14.0. The number of primary amides is 1.